The van der Waals surface area contributed by atoms with Gasteiger partial charge in [-0.15, -0.1) is 0 Å². The van der Waals surface area contributed by atoms with E-state index in [1.165, 1.54) is 16.3 Å². The number of hydrogen-bond acceptors (Lipinski definition) is 3. The average Bonchev–Trinajstić information content (AvgIpc) is 2.43. The minimum atomic E-state index is 0.0695. The average molecular weight is 244 g/mol. The van der Waals surface area contributed by atoms with E-state index >= 15 is 0 Å². The first-order valence-corrected chi connectivity index (χ1v) is 6.28. The van der Waals surface area contributed by atoms with E-state index in [4.69, 9.17) is 16.2 Å². The largest absolute Gasteiger partial charge is 0.497 e. The van der Waals surface area contributed by atoms with E-state index in [1.54, 1.807) is 7.11 Å². The quantitative estimate of drug-likeness (QED) is 0.849. The number of fused-ring (bicyclic) bond motifs is 1. The van der Waals surface area contributed by atoms with E-state index in [-0.39, 0.29) is 6.04 Å². The van der Waals surface area contributed by atoms with Gasteiger partial charge in [-0.25, -0.2) is 0 Å². The third-order valence-corrected chi connectivity index (χ3v) is 3.22. The van der Waals surface area contributed by atoms with E-state index < -0.39 is 0 Å². The van der Waals surface area contributed by atoms with E-state index in [0.29, 0.717) is 6.54 Å². The standard InChI is InChI=1S/C15H20N2O/c1-18-14-7-6-11-9-13(5-4-12(11)10-14)15(17)3-2-8-16/h4-7,9-10,15H,2-3,8,16-17H2,1H3/t15-/m0/s1. The van der Waals surface area contributed by atoms with Gasteiger partial charge < -0.3 is 16.2 Å². The van der Waals surface area contributed by atoms with Crippen LogP contribution in [0.15, 0.2) is 36.4 Å². The van der Waals surface area contributed by atoms with Crippen LogP contribution in [0.25, 0.3) is 10.8 Å². The Morgan fingerprint density at radius 2 is 1.83 bits per heavy atom. The maximum Gasteiger partial charge on any atom is 0.119 e. The Kier molecular flexibility index (Phi) is 4.18. The van der Waals surface area contributed by atoms with E-state index in [0.717, 1.165) is 18.6 Å². The Morgan fingerprint density at radius 1 is 1.11 bits per heavy atom. The topological polar surface area (TPSA) is 61.3 Å². The normalized spacial score (nSPS) is 12.6. The summed E-state index contributed by atoms with van der Waals surface area (Å²) in [6.07, 6.45) is 1.89. The fourth-order valence-corrected chi connectivity index (χ4v) is 2.10. The van der Waals surface area contributed by atoms with Crippen molar-refractivity contribution in [1.29, 1.82) is 0 Å². The Morgan fingerprint density at radius 3 is 2.56 bits per heavy atom. The smallest absolute Gasteiger partial charge is 0.119 e. The summed E-state index contributed by atoms with van der Waals surface area (Å²) in [5.74, 6) is 0.877. The molecule has 0 heterocycles. The van der Waals surface area contributed by atoms with Crippen molar-refractivity contribution in [2.45, 2.75) is 18.9 Å². The van der Waals surface area contributed by atoms with Crippen molar-refractivity contribution >= 4 is 10.8 Å². The fraction of sp³-hybridized carbons (Fsp3) is 0.333. The van der Waals surface area contributed by atoms with Gasteiger partial charge in [0.25, 0.3) is 0 Å². The molecule has 0 amide bonds. The molecule has 0 fully saturated rings. The molecule has 4 N–H and O–H groups in total. The molecule has 0 aromatic heterocycles. The molecular formula is C15H20N2O. The molecule has 0 saturated carbocycles. The SMILES string of the molecule is COc1ccc2cc([C@@H](N)CCCN)ccc2c1. The molecule has 0 aliphatic heterocycles. The second-order valence-corrected chi connectivity index (χ2v) is 4.51. The zero-order valence-corrected chi connectivity index (χ0v) is 10.7. The number of nitrogens with two attached hydrogens (primary N) is 2. The molecule has 2 rings (SSSR count). The summed E-state index contributed by atoms with van der Waals surface area (Å²) in [4.78, 5) is 0. The van der Waals surface area contributed by atoms with Gasteiger partial charge >= 0.3 is 0 Å². The molecule has 0 spiro atoms. The van der Waals surface area contributed by atoms with Crippen LogP contribution in [0.4, 0.5) is 0 Å². The molecule has 18 heavy (non-hydrogen) atoms. The molecular weight excluding hydrogens is 224 g/mol. The molecule has 0 aliphatic rings. The maximum absolute atomic E-state index is 6.15. The van der Waals surface area contributed by atoms with Gasteiger partial charge in [0, 0.05) is 6.04 Å². The lowest BCUT2D eigenvalue weighted by atomic mass is 9.99. The van der Waals surface area contributed by atoms with Gasteiger partial charge in [0.2, 0.25) is 0 Å². The first-order chi connectivity index (χ1) is 8.74. The second-order valence-electron chi connectivity index (χ2n) is 4.51. The van der Waals surface area contributed by atoms with Crippen LogP contribution >= 0.6 is 0 Å². The van der Waals surface area contributed by atoms with Crippen LogP contribution in [0.5, 0.6) is 5.75 Å². The van der Waals surface area contributed by atoms with Crippen LogP contribution in [0.2, 0.25) is 0 Å². The summed E-state index contributed by atoms with van der Waals surface area (Å²) in [7, 11) is 1.68. The molecule has 0 unspecified atom stereocenters. The summed E-state index contributed by atoms with van der Waals surface area (Å²) >= 11 is 0. The maximum atomic E-state index is 6.15. The van der Waals surface area contributed by atoms with Crippen molar-refractivity contribution in [2.75, 3.05) is 13.7 Å². The van der Waals surface area contributed by atoms with Gasteiger partial charge in [0.05, 0.1) is 7.11 Å². The van der Waals surface area contributed by atoms with Crippen LogP contribution in [-0.2, 0) is 0 Å². The van der Waals surface area contributed by atoms with Gasteiger partial charge in [-0.2, -0.15) is 0 Å². The predicted molar refractivity (Wildman–Crippen MR) is 75.7 cm³/mol. The zero-order valence-electron chi connectivity index (χ0n) is 10.7. The van der Waals surface area contributed by atoms with Gasteiger partial charge in [-0.3, -0.25) is 0 Å². The minimum absolute atomic E-state index is 0.0695. The summed E-state index contributed by atoms with van der Waals surface area (Å²) in [6.45, 7) is 0.693. The predicted octanol–water partition coefficient (Wildman–Crippen LogP) is 2.59. The minimum Gasteiger partial charge on any atom is -0.497 e. The van der Waals surface area contributed by atoms with Crippen molar-refractivity contribution in [3.63, 3.8) is 0 Å². The Bertz CT molecular complexity index is 525. The summed E-state index contributed by atoms with van der Waals surface area (Å²) in [5.41, 5.74) is 12.8. The Hall–Kier alpha value is -1.58. The van der Waals surface area contributed by atoms with Crippen molar-refractivity contribution in [3.8, 4) is 5.75 Å². The summed E-state index contributed by atoms with van der Waals surface area (Å²) < 4.78 is 5.21. The second kappa shape index (κ2) is 5.85. The van der Waals surface area contributed by atoms with Crippen LogP contribution in [0.3, 0.4) is 0 Å². The van der Waals surface area contributed by atoms with Crippen molar-refractivity contribution in [3.05, 3.63) is 42.0 Å². The molecule has 2 aromatic carbocycles. The van der Waals surface area contributed by atoms with Crippen molar-refractivity contribution in [1.82, 2.24) is 0 Å². The lowest BCUT2D eigenvalue weighted by Crippen LogP contribution is -2.12. The van der Waals surface area contributed by atoms with Crippen molar-refractivity contribution in [2.24, 2.45) is 11.5 Å². The van der Waals surface area contributed by atoms with E-state index in [2.05, 4.69) is 24.3 Å². The first kappa shape index (κ1) is 12.9. The highest BCUT2D eigenvalue weighted by atomic mass is 16.5. The molecule has 1 atom stereocenters. The van der Waals surface area contributed by atoms with Gasteiger partial charge in [0.1, 0.15) is 5.75 Å². The number of hydrogen-bond donors (Lipinski definition) is 2. The number of benzene rings is 2. The zero-order chi connectivity index (χ0) is 13.0. The molecule has 0 aliphatic carbocycles. The highest BCUT2D eigenvalue weighted by molar-refractivity contribution is 5.84. The lowest BCUT2D eigenvalue weighted by molar-refractivity contribution is 0.415. The molecule has 3 heteroatoms. The Labute approximate surface area is 108 Å². The molecule has 3 nitrogen and oxygen atoms in total. The number of rotatable bonds is 5. The Balaban J connectivity index is 2.27. The highest BCUT2D eigenvalue weighted by Gasteiger charge is 2.06. The van der Waals surface area contributed by atoms with Crippen LogP contribution in [0, 0.1) is 0 Å². The number of methoxy groups -OCH3 is 1. The highest BCUT2D eigenvalue weighted by Crippen LogP contribution is 2.25. The molecule has 0 saturated heterocycles. The van der Waals surface area contributed by atoms with Crippen LogP contribution in [0.1, 0.15) is 24.4 Å². The lowest BCUT2D eigenvalue weighted by Gasteiger charge is -2.12. The fourth-order valence-electron chi connectivity index (χ4n) is 2.10. The van der Waals surface area contributed by atoms with Crippen molar-refractivity contribution < 1.29 is 4.74 Å². The summed E-state index contributed by atoms with van der Waals surface area (Å²) in [5, 5.41) is 2.36. The molecule has 0 radical (unpaired) electrons. The first-order valence-electron chi connectivity index (χ1n) is 6.28. The monoisotopic (exact) mass is 244 g/mol. The number of ether oxygens (including phenoxy) is 1. The molecule has 0 bridgehead atoms. The van der Waals surface area contributed by atoms with Gasteiger partial charge in [0.15, 0.2) is 0 Å². The van der Waals surface area contributed by atoms with E-state index in [9.17, 15) is 0 Å². The van der Waals surface area contributed by atoms with Crippen LogP contribution in [-0.4, -0.2) is 13.7 Å². The molecule has 2 aromatic rings. The van der Waals surface area contributed by atoms with Gasteiger partial charge in [-0.1, -0.05) is 18.2 Å². The third-order valence-electron chi connectivity index (χ3n) is 3.22. The van der Waals surface area contributed by atoms with E-state index in [1.807, 2.05) is 12.1 Å². The summed E-state index contributed by atoms with van der Waals surface area (Å²) in [6, 6.07) is 12.5. The van der Waals surface area contributed by atoms with Gasteiger partial charge in [-0.05, 0) is 53.9 Å². The third kappa shape index (κ3) is 2.81. The van der Waals surface area contributed by atoms with Crippen LogP contribution < -0.4 is 16.2 Å². The molecule has 96 valence electrons.